The lowest BCUT2D eigenvalue weighted by atomic mass is 9.97. The molecule has 3 aromatic heterocycles. The Bertz CT molecular complexity index is 884. The van der Waals surface area contributed by atoms with Gasteiger partial charge in [-0.2, -0.15) is 0 Å². The molecule has 0 N–H and O–H groups in total. The van der Waals surface area contributed by atoms with Crippen molar-refractivity contribution in [3.05, 3.63) is 42.8 Å². The van der Waals surface area contributed by atoms with Crippen LogP contribution in [0.15, 0.2) is 31.1 Å². The summed E-state index contributed by atoms with van der Waals surface area (Å²) in [6.45, 7) is 2.53. The van der Waals surface area contributed by atoms with Crippen LogP contribution in [0.25, 0.3) is 0 Å². The summed E-state index contributed by atoms with van der Waals surface area (Å²) in [5.74, 6) is 4.13. The fourth-order valence-electron chi connectivity index (χ4n) is 3.65. The topological polar surface area (TPSA) is 80.8 Å². The van der Waals surface area contributed by atoms with E-state index in [1.54, 1.807) is 24.9 Å². The molecule has 0 spiro atoms. The van der Waals surface area contributed by atoms with Crippen molar-refractivity contribution < 1.29 is 0 Å². The van der Waals surface area contributed by atoms with Gasteiger partial charge in [-0.05, 0) is 12.8 Å². The SMILES string of the molecule is CN(C)c1nccnc1N1CCC[C@H](c2nnc(Cn3ccnc3)n2C)C1. The van der Waals surface area contributed by atoms with Gasteiger partial charge in [0.15, 0.2) is 17.5 Å². The Kier molecular flexibility index (Phi) is 4.74. The minimum Gasteiger partial charge on any atom is -0.360 e. The first-order valence-corrected chi connectivity index (χ1v) is 9.20. The van der Waals surface area contributed by atoms with Crippen molar-refractivity contribution >= 4 is 11.6 Å². The second-order valence-corrected chi connectivity index (χ2v) is 7.15. The Labute approximate surface area is 158 Å². The van der Waals surface area contributed by atoms with Gasteiger partial charge in [-0.15, -0.1) is 10.2 Å². The maximum absolute atomic E-state index is 4.60. The maximum Gasteiger partial charge on any atom is 0.171 e. The van der Waals surface area contributed by atoms with Crippen molar-refractivity contribution in [1.82, 2.24) is 34.3 Å². The molecule has 3 aromatic rings. The van der Waals surface area contributed by atoms with E-state index in [9.17, 15) is 0 Å². The lowest BCUT2D eigenvalue weighted by Gasteiger charge is -2.34. The number of aromatic nitrogens is 7. The van der Waals surface area contributed by atoms with Gasteiger partial charge in [0.2, 0.25) is 0 Å². The van der Waals surface area contributed by atoms with E-state index in [2.05, 4.69) is 34.6 Å². The van der Waals surface area contributed by atoms with E-state index in [1.165, 1.54) is 0 Å². The Morgan fingerprint density at radius 3 is 2.78 bits per heavy atom. The molecular weight excluding hydrogens is 342 g/mol. The Morgan fingerprint density at radius 1 is 1.15 bits per heavy atom. The third-order valence-electron chi connectivity index (χ3n) is 5.05. The molecule has 142 valence electrons. The minimum atomic E-state index is 0.324. The highest BCUT2D eigenvalue weighted by atomic mass is 15.3. The maximum atomic E-state index is 4.60. The monoisotopic (exact) mass is 367 g/mol. The van der Waals surface area contributed by atoms with Gasteiger partial charge in [0.1, 0.15) is 5.82 Å². The molecule has 1 fully saturated rings. The normalized spacial score (nSPS) is 17.3. The van der Waals surface area contributed by atoms with E-state index in [4.69, 9.17) is 0 Å². The zero-order valence-corrected chi connectivity index (χ0v) is 16.0. The summed E-state index contributed by atoms with van der Waals surface area (Å²) in [5.41, 5.74) is 0. The Morgan fingerprint density at radius 2 is 2.00 bits per heavy atom. The van der Waals surface area contributed by atoms with Crippen molar-refractivity contribution in [3.8, 4) is 0 Å². The second-order valence-electron chi connectivity index (χ2n) is 7.15. The second kappa shape index (κ2) is 7.34. The molecule has 0 saturated carbocycles. The number of hydrogen-bond donors (Lipinski definition) is 0. The average molecular weight is 367 g/mol. The number of imidazole rings is 1. The predicted octanol–water partition coefficient (Wildman–Crippen LogP) is 1.30. The van der Waals surface area contributed by atoms with E-state index in [-0.39, 0.29) is 0 Å². The summed E-state index contributed by atoms with van der Waals surface area (Å²) in [6.07, 6.45) is 11.2. The average Bonchev–Trinajstić information content (AvgIpc) is 3.33. The van der Waals surface area contributed by atoms with Crippen molar-refractivity contribution in [2.75, 3.05) is 37.0 Å². The molecule has 4 heterocycles. The van der Waals surface area contributed by atoms with Crippen molar-refractivity contribution in [2.45, 2.75) is 25.3 Å². The molecule has 0 aromatic carbocycles. The van der Waals surface area contributed by atoms with E-state index in [1.807, 2.05) is 36.8 Å². The highest BCUT2D eigenvalue weighted by molar-refractivity contribution is 5.61. The molecule has 1 atom stereocenters. The van der Waals surface area contributed by atoms with Crippen LogP contribution in [0.5, 0.6) is 0 Å². The van der Waals surface area contributed by atoms with Crippen LogP contribution in [0.2, 0.25) is 0 Å². The van der Waals surface area contributed by atoms with Crippen LogP contribution in [-0.4, -0.2) is 61.5 Å². The number of anilines is 2. The molecular formula is C18H25N9. The van der Waals surface area contributed by atoms with Crippen LogP contribution >= 0.6 is 0 Å². The number of piperidine rings is 1. The molecule has 0 unspecified atom stereocenters. The molecule has 0 aliphatic carbocycles. The summed E-state index contributed by atoms with van der Waals surface area (Å²) >= 11 is 0. The zero-order valence-electron chi connectivity index (χ0n) is 16.0. The lowest BCUT2D eigenvalue weighted by Crippen LogP contribution is -2.37. The summed E-state index contributed by atoms with van der Waals surface area (Å²) in [6, 6.07) is 0. The summed E-state index contributed by atoms with van der Waals surface area (Å²) in [7, 11) is 6.05. The molecule has 1 aliphatic heterocycles. The number of nitrogens with zero attached hydrogens (tertiary/aromatic N) is 9. The Hall–Kier alpha value is -2.97. The van der Waals surface area contributed by atoms with Crippen LogP contribution in [-0.2, 0) is 13.6 Å². The lowest BCUT2D eigenvalue weighted by molar-refractivity contribution is 0.475. The quantitative estimate of drug-likeness (QED) is 0.672. The number of rotatable bonds is 5. The van der Waals surface area contributed by atoms with Gasteiger partial charge < -0.3 is 18.9 Å². The van der Waals surface area contributed by atoms with Gasteiger partial charge in [-0.1, -0.05) is 0 Å². The highest BCUT2D eigenvalue weighted by Crippen LogP contribution is 2.31. The Balaban J connectivity index is 1.55. The zero-order chi connectivity index (χ0) is 18.8. The molecule has 27 heavy (non-hydrogen) atoms. The summed E-state index contributed by atoms with van der Waals surface area (Å²) in [5, 5.41) is 8.93. The van der Waals surface area contributed by atoms with Crippen LogP contribution in [0.4, 0.5) is 11.6 Å². The largest absolute Gasteiger partial charge is 0.360 e. The van der Waals surface area contributed by atoms with Crippen LogP contribution in [0, 0.1) is 0 Å². The van der Waals surface area contributed by atoms with Gasteiger partial charge in [0.05, 0.1) is 12.9 Å². The smallest absolute Gasteiger partial charge is 0.171 e. The van der Waals surface area contributed by atoms with Gasteiger partial charge >= 0.3 is 0 Å². The van der Waals surface area contributed by atoms with Crippen molar-refractivity contribution in [3.63, 3.8) is 0 Å². The first-order valence-electron chi connectivity index (χ1n) is 9.20. The van der Waals surface area contributed by atoms with Crippen molar-refractivity contribution in [1.29, 1.82) is 0 Å². The molecule has 9 nitrogen and oxygen atoms in total. The van der Waals surface area contributed by atoms with Gasteiger partial charge in [-0.3, -0.25) is 0 Å². The third-order valence-corrected chi connectivity index (χ3v) is 5.05. The van der Waals surface area contributed by atoms with E-state index in [0.717, 1.165) is 49.2 Å². The molecule has 4 rings (SSSR count). The highest BCUT2D eigenvalue weighted by Gasteiger charge is 2.28. The fourth-order valence-corrected chi connectivity index (χ4v) is 3.65. The predicted molar refractivity (Wildman–Crippen MR) is 103 cm³/mol. The van der Waals surface area contributed by atoms with Crippen molar-refractivity contribution in [2.24, 2.45) is 7.05 Å². The van der Waals surface area contributed by atoms with Crippen LogP contribution in [0.3, 0.4) is 0 Å². The molecule has 0 radical (unpaired) electrons. The van der Waals surface area contributed by atoms with E-state index < -0.39 is 0 Å². The third kappa shape index (κ3) is 3.49. The number of hydrogen-bond acceptors (Lipinski definition) is 7. The van der Waals surface area contributed by atoms with Gasteiger partial charge in [-0.25, -0.2) is 15.0 Å². The van der Waals surface area contributed by atoms with E-state index in [0.29, 0.717) is 12.5 Å². The standard InChI is InChI=1S/C18H25N9/c1-24(2)17-18(21-7-6-20-17)27-9-4-5-14(11-27)16-23-22-15(25(16)3)12-26-10-8-19-13-26/h6-8,10,13-14H,4-5,9,11-12H2,1-3H3/t14-/m0/s1. The van der Waals surface area contributed by atoms with E-state index >= 15 is 0 Å². The first-order chi connectivity index (χ1) is 13.1. The summed E-state index contributed by atoms with van der Waals surface area (Å²) in [4.78, 5) is 17.5. The van der Waals surface area contributed by atoms with Gasteiger partial charge in [0.25, 0.3) is 0 Å². The van der Waals surface area contributed by atoms with Crippen LogP contribution < -0.4 is 9.80 Å². The first kappa shape index (κ1) is 17.4. The molecule has 9 heteroatoms. The summed E-state index contributed by atoms with van der Waals surface area (Å²) < 4.78 is 4.13. The minimum absolute atomic E-state index is 0.324. The van der Waals surface area contributed by atoms with Gasteiger partial charge in [0, 0.05) is 64.9 Å². The fraction of sp³-hybridized carbons (Fsp3) is 0.500. The molecule has 0 bridgehead atoms. The molecule has 1 aliphatic rings. The van der Waals surface area contributed by atoms with Crippen LogP contribution in [0.1, 0.15) is 30.4 Å². The molecule has 1 saturated heterocycles. The molecule has 0 amide bonds.